The summed E-state index contributed by atoms with van der Waals surface area (Å²) in [4.78, 5) is 30.8. The van der Waals surface area contributed by atoms with Crippen LogP contribution in [0.1, 0.15) is 47.6 Å². The highest BCUT2D eigenvalue weighted by atomic mass is 35.5. The number of carbonyl (C=O) groups excluding carboxylic acids is 2. The number of ether oxygens (including phenoxy) is 2. The molecule has 3 rings (SSSR count). The minimum atomic E-state index is -0.468. The SMILES string of the molecule is COC(=O)c1csc(CN(C(=O)COc2ccc(Cl)cc2)C2CCCCC2)n1. The van der Waals surface area contributed by atoms with Crippen LogP contribution in [0.2, 0.25) is 5.02 Å². The molecule has 2 aromatic rings. The van der Waals surface area contributed by atoms with Crippen LogP contribution in [0.5, 0.6) is 5.75 Å². The van der Waals surface area contributed by atoms with E-state index in [2.05, 4.69) is 4.98 Å². The summed E-state index contributed by atoms with van der Waals surface area (Å²) in [6, 6.07) is 7.10. The maximum atomic E-state index is 12.9. The second-order valence-corrected chi connectivity index (χ2v) is 8.05. The number of nitrogens with zero attached hydrogens (tertiary/aromatic N) is 2. The normalized spacial score (nSPS) is 14.5. The predicted octanol–water partition coefficient (Wildman–Crippen LogP) is 4.32. The average Bonchev–Trinajstić information content (AvgIpc) is 3.20. The Morgan fingerprint density at radius 3 is 2.61 bits per heavy atom. The Kier molecular flexibility index (Phi) is 7.28. The van der Waals surface area contributed by atoms with Crippen LogP contribution >= 0.6 is 22.9 Å². The third-order valence-electron chi connectivity index (χ3n) is 4.76. The van der Waals surface area contributed by atoms with Crippen LogP contribution in [-0.2, 0) is 16.1 Å². The molecule has 0 unspecified atom stereocenters. The van der Waals surface area contributed by atoms with Crippen molar-refractivity contribution in [2.45, 2.75) is 44.7 Å². The molecule has 28 heavy (non-hydrogen) atoms. The first kappa shape index (κ1) is 20.6. The lowest BCUT2D eigenvalue weighted by molar-refractivity contribution is -0.137. The fraction of sp³-hybridized carbons (Fsp3) is 0.450. The molecule has 0 N–H and O–H groups in total. The van der Waals surface area contributed by atoms with Gasteiger partial charge in [0.05, 0.1) is 13.7 Å². The quantitative estimate of drug-likeness (QED) is 0.621. The van der Waals surface area contributed by atoms with E-state index in [1.54, 1.807) is 29.6 Å². The van der Waals surface area contributed by atoms with Crippen LogP contribution < -0.4 is 4.74 Å². The Hall–Kier alpha value is -2.12. The summed E-state index contributed by atoms with van der Waals surface area (Å²) in [5, 5.41) is 2.99. The van der Waals surface area contributed by atoms with E-state index in [-0.39, 0.29) is 24.2 Å². The standard InChI is InChI=1S/C20H23ClN2O4S/c1-26-20(25)17-13-28-18(22-17)11-23(15-5-3-2-4-6-15)19(24)12-27-16-9-7-14(21)8-10-16/h7-10,13,15H,2-6,11-12H2,1H3. The Morgan fingerprint density at radius 2 is 1.93 bits per heavy atom. The van der Waals surface area contributed by atoms with Gasteiger partial charge in [-0.05, 0) is 37.1 Å². The van der Waals surface area contributed by atoms with Gasteiger partial charge in [0.15, 0.2) is 12.3 Å². The van der Waals surface area contributed by atoms with Gasteiger partial charge in [0.25, 0.3) is 5.91 Å². The highest BCUT2D eigenvalue weighted by molar-refractivity contribution is 7.09. The lowest BCUT2D eigenvalue weighted by Crippen LogP contribution is -2.43. The maximum Gasteiger partial charge on any atom is 0.357 e. The van der Waals surface area contributed by atoms with Crippen molar-refractivity contribution in [1.82, 2.24) is 9.88 Å². The molecule has 1 aliphatic carbocycles. The third kappa shape index (κ3) is 5.45. The van der Waals surface area contributed by atoms with Crippen molar-refractivity contribution in [1.29, 1.82) is 0 Å². The van der Waals surface area contributed by atoms with Crippen molar-refractivity contribution in [3.8, 4) is 5.75 Å². The molecule has 0 radical (unpaired) electrons. The Bertz CT molecular complexity index is 803. The van der Waals surface area contributed by atoms with Crippen molar-refractivity contribution >= 4 is 34.8 Å². The minimum Gasteiger partial charge on any atom is -0.484 e. The van der Waals surface area contributed by atoms with E-state index in [4.69, 9.17) is 21.1 Å². The number of thiazole rings is 1. The smallest absolute Gasteiger partial charge is 0.357 e. The molecule has 0 saturated heterocycles. The predicted molar refractivity (Wildman–Crippen MR) is 108 cm³/mol. The molecule has 1 fully saturated rings. The van der Waals surface area contributed by atoms with Gasteiger partial charge in [-0.25, -0.2) is 9.78 Å². The number of methoxy groups -OCH3 is 1. The van der Waals surface area contributed by atoms with Gasteiger partial charge in [0, 0.05) is 16.4 Å². The van der Waals surface area contributed by atoms with Crippen LogP contribution in [0.4, 0.5) is 0 Å². The van der Waals surface area contributed by atoms with E-state index in [0.717, 1.165) is 25.7 Å². The molecule has 1 aromatic heterocycles. The number of benzene rings is 1. The number of amides is 1. The van der Waals surface area contributed by atoms with Crippen LogP contribution in [0, 0.1) is 0 Å². The van der Waals surface area contributed by atoms with E-state index in [9.17, 15) is 9.59 Å². The highest BCUT2D eigenvalue weighted by Gasteiger charge is 2.27. The van der Waals surface area contributed by atoms with Gasteiger partial charge < -0.3 is 14.4 Å². The van der Waals surface area contributed by atoms with Gasteiger partial charge in [-0.1, -0.05) is 30.9 Å². The molecule has 1 saturated carbocycles. The average molecular weight is 423 g/mol. The number of esters is 1. The van der Waals surface area contributed by atoms with Gasteiger partial charge in [-0.3, -0.25) is 4.79 Å². The molecule has 1 heterocycles. The van der Waals surface area contributed by atoms with E-state index in [0.29, 0.717) is 22.3 Å². The molecule has 1 aliphatic rings. The van der Waals surface area contributed by atoms with Crippen molar-refractivity contribution in [3.63, 3.8) is 0 Å². The molecule has 0 aliphatic heterocycles. The summed E-state index contributed by atoms with van der Waals surface area (Å²) in [5.41, 5.74) is 0.274. The third-order valence-corrected chi connectivity index (χ3v) is 5.85. The summed E-state index contributed by atoms with van der Waals surface area (Å²) in [7, 11) is 1.33. The molecule has 1 aromatic carbocycles. The summed E-state index contributed by atoms with van der Waals surface area (Å²) < 4.78 is 10.4. The number of hydrogen-bond acceptors (Lipinski definition) is 6. The molecule has 0 bridgehead atoms. The minimum absolute atomic E-state index is 0.0482. The van der Waals surface area contributed by atoms with Gasteiger partial charge in [0.2, 0.25) is 0 Å². The molecule has 8 heteroatoms. The maximum absolute atomic E-state index is 12.9. The molecule has 6 nitrogen and oxygen atoms in total. The zero-order valence-corrected chi connectivity index (χ0v) is 17.3. The second-order valence-electron chi connectivity index (χ2n) is 6.67. The van der Waals surface area contributed by atoms with E-state index in [1.165, 1.54) is 24.9 Å². The summed E-state index contributed by atoms with van der Waals surface area (Å²) >= 11 is 7.24. The van der Waals surface area contributed by atoms with Gasteiger partial charge in [-0.15, -0.1) is 11.3 Å². The molecule has 0 atom stereocenters. The van der Waals surface area contributed by atoms with E-state index in [1.807, 2.05) is 4.90 Å². The number of carbonyl (C=O) groups is 2. The van der Waals surface area contributed by atoms with E-state index >= 15 is 0 Å². The van der Waals surface area contributed by atoms with Crippen LogP contribution in [0.15, 0.2) is 29.6 Å². The first-order chi connectivity index (χ1) is 13.6. The largest absolute Gasteiger partial charge is 0.484 e. The lowest BCUT2D eigenvalue weighted by Gasteiger charge is -2.33. The highest BCUT2D eigenvalue weighted by Crippen LogP contribution is 2.25. The fourth-order valence-electron chi connectivity index (χ4n) is 3.30. The second kappa shape index (κ2) is 9.89. The number of halogens is 1. The summed E-state index contributed by atoms with van der Waals surface area (Å²) in [6.07, 6.45) is 5.36. The van der Waals surface area contributed by atoms with Gasteiger partial charge in [-0.2, -0.15) is 0 Å². The van der Waals surface area contributed by atoms with Crippen LogP contribution in [0.3, 0.4) is 0 Å². The molecular weight excluding hydrogens is 400 g/mol. The summed E-state index contributed by atoms with van der Waals surface area (Å²) in [6.45, 7) is 0.322. The van der Waals surface area contributed by atoms with Gasteiger partial charge >= 0.3 is 5.97 Å². The van der Waals surface area contributed by atoms with Crippen molar-refractivity contribution in [3.05, 3.63) is 45.4 Å². The number of aromatic nitrogens is 1. The lowest BCUT2D eigenvalue weighted by atomic mass is 9.94. The summed E-state index contributed by atoms with van der Waals surface area (Å²) in [5.74, 6) is 0.0457. The molecular formula is C20H23ClN2O4S. The van der Waals surface area contributed by atoms with Gasteiger partial charge in [0.1, 0.15) is 10.8 Å². The number of hydrogen-bond donors (Lipinski definition) is 0. The van der Waals surface area contributed by atoms with Crippen molar-refractivity contribution in [2.75, 3.05) is 13.7 Å². The Morgan fingerprint density at radius 1 is 1.21 bits per heavy atom. The fourth-order valence-corrected chi connectivity index (χ4v) is 4.19. The topological polar surface area (TPSA) is 68.7 Å². The first-order valence-electron chi connectivity index (χ1n) is 9.27. The monoisotopic (exact) mass is 422 g/mol. The molecule has 150 valence electrons. The van der Waals surface area contributed by atoms with Crippen molar-refractivity contribution in [2.24, 2.45) is 0 Å². The molecule has 1 amide bonds. The number of rotatable bonds is 7. The Labute approximate surface area is 173 Å². The first-order valence-corrected chi connectivity index (χ1v) is 10.5. The zero-order valence-electron chi connectivity index (χ0n) is 15.7. The Balaban J connectivity index is 1.68. The van der Waals surface area contributed by atoms with Crippen LogP contribution in [-0.4, -0.2) is 41.5 Å². The van der Waals surface area contributed by atoms with Crippen LogP contribution in [0.25, 0.3) is 0 Å². The van der Waals surface area contributed by atoms with Crippen molar-refractivity contribution < 1.29 is 19.1 Å². The molecule has 0 spiro atoms. The van der Waals surface area contributed by atoms with E-state index < -0.39 is 5.97 Å². The zero-order chi connectivity index (χ0) is 19.9.